The second-order valence-corrected chi connectivity index (χ2v) is 4.25. The lowest BCUT2D eigenvalue weighted by Crippen LogP contribution is -2.16. The van der Waals surface area contributed by atoms with E-state index in [0.29, 0.717) is 17.9 Å². The molecular weight excluding hydrogens is 220 g/mol. The minimum atomic E-state index is -0.421. The average Bonchev–Trinajstić information content (AvgIpc) is 3.04. The van der Waals surface area contributed by atoms with Crippen molar-refractivity contribution in [2.45, 2.75) is 13.0 Å². The van der Waals surface area contributed by atoms with Gasteiger partial charge in [-0.05, 0) is 19.1 Å². The molecule has 0 unspecified atom stereocenters. The molecule has 0 amide bonds. The number of ketones is 1. The van der Waals surface area contributed by atoms with E-state index in [1.165, 1.54) is 0 Å². The van der Waals surface area contributed by atoms with Gasteiger partial charge in [0.15, 0.2) is 5.78 Å². The minimum absolute atomic E-state index is 0.00472. The highest BCUT2D eigenvalue weighted by Gasteiger charge is 2.64. The van der Waals surface area contributed by atoms with Crippen LogP contribution in [0, 0.1) is 11.8 Å². The van der Waals surface area contributed by atoms with Gasteiger partial charge in [-0.1, -0.05) is 12.1 Å². The highest BCUT2D eigenvalue weighted by atomic mass is 16.5. The topological polar surface area (TPSA) is 52.6 Å². The molecular formula is C13H12O4. The smallest absolute Gasteiger partial charge is 0.313 e. The Morgan fingerprint density at radius 1 is 1.41 bits per heavy atom. The van der Waals surface area contributed by atoms with Crippen LogP contribution < -0.4 is 4.74 Å². The van der Waals surface area contributed by atoms with Gasteiger partial charge in [0.1, 0.15) is 17.8 Å². The predicted octanol–water partition coefficient (Wildman–Crippen LogP) is 1.44. The highest BCUT2D eigenvalue weighted by Crippen LogP contribution is 2.50. The van der Waals surface area contributed by atoms with Gasteiger partial charge in [0.2, 0.25) is 0 Å². The summed E-state index contributed by atoms with van der Waals surface area (Å²) < 4.78 is 10.6. The number of esters is 1. The Bertz CT molecular complexity index is 494. The third-order valence-electron chi connectivity index (χ3n) is 3.23. The van der Waals surface area contributed by atoms with Crippen molar-refractivity contribution in [3.8, 4) is 5.75 Å². The summed E-state index contributed by atoms with van der Waals surface area (Å²) in [5.74, 6) is -0.525. The molecule has 4 nitrogen and oxygen atoms in total. The molecule has 1 aliphatic heterocycles. The van der Waals surface area contributed by atoms with Crippen molar-refractivity contribution in [2.24, 2.45) is 11.8 Å². The fourth-order valence-corrected chi connectivity index (χ4v) is 2.36. The molecule has 0 aromatic heterocycles. The zero-order chi connectivity index (χ0) is 12.0. The van der Waals surface area contributed by atoms with Gasteiger partial charge >= 0.3 is 5.97 Å². The zero-order valence-electron chi connectivity index (χ0n) is 9.38. The normalized spacial score (nSPS) is 28.8. The lowest BCUT2D eigenvalue weighted by atomic mass is 10.0. The van der Waals surface area contributed by atoms with E-state index in [1.807, 2.05) is 6.07 Å². The molecule has 1 aromatic carbocycles. The third kappa shape index (κ3) is 1.44. The first-order valence-electron chi connectivity index (χ1n) is 5.70. The summed E-state index contributed by atoms with van der Waals surface area (Å²) >= 11 is 0. The Morgan fingerprint density at radius 2 is 2.18 bits per heavy atom. The van der Waals surface area contributed by atoms with Gasteiger partial charge in [-0.25, -0.2) is 0 Å². The molecule has 17 heavy (non-hydrogen) atoms. The number of benzene rings is 1. The number of Topliss-reactive ketones (excluding diaryl/α,β-unsaturated/α-hetero) is 1. The second kappa shape index (κ2) is 3.58. The first-order chi connectivity index (χ1) is 8.24. The van der Waals surface area contributed by atoms with E-state index in [2.05, 4.69) is 0 Å². The maximum Gasteiger partial charge on any atom is 0.313 e. The third-order valence-corrected chi connectivity index (χ3v) is 3.23. The van der Waals surface area contributed by atoms with Crippen molar-refractivity contribution in [3.05, 3.63) is 29.8 Å². The number of para-hydroxylation sites is 1. The summed E-state index contributed by atoms with van der Waals surface area (Å²) in [5, 5.41) is 0. The summed E-state index contributed by atoms with van der Waals surface area (Å²) in [7, 11) is 0. The fourth-order valence-electron chi connectivity index (χ4n) is 2.36. The van der Waals surface area contributed by atoms with Crippen LogP contribution >= 0.6 is 0 Å². The van der Waals surface area contributed by atoms with Gasteiger partial charge in [0, 0.05) is 0 Å². The first-order valence-corrected chi connectivity index (χ1v) is 5.70. The van der Waals surface area contributed by atoms with Crippen molar-refractivity contribution in [1.29, 1.82) is 0 Å². The summed E-state index contributed by atoms with van der Waals surface area (Å²) in [5.41, 5.74) is 0.570. The Balaban J connectivity index is 1.86. The molecule has 88 valence electrons. The van der Waals surface area contributed by atoms with Crippen LogP contribution in [0.1, 0.15) is 17.3 Å². The van der Waals surface area contributed by atoms with Crippen LogP contribution in [0.5, 0.6) is 5.75 Å². The van der Waals surface area contributed by atoms with Crippen LogP contribution in [0.15, 0.2) is 24.3 Å². The number of hydrogen-bond acceptors (Lipinski definition) is 4. The van der Waals surface area contributed by atoms with E-state index in [-0.39, 0.29) is 23.8 Å². The maximum atomic E-state index is 12.1. The summed E-state index contributed by atoms with van der Waals surface area (Å²) in [6, 6.07) is 7.09. The second-order valence-electron chi connectivity index (χ2n) is 4.25. The Labute approximate surface area is 98.5 Å². The molecule has 4 heteroatoms. The summed E-state index contributed by atoms with van der Waals surface area (Å²) in [4.78, 5) is 23.7. The molecule has 1 fully saturated rings. The predicted molar refractivity (Wildman–Crippen MR) is 58.8 cm³/mol. The molecule has 0 radical (unpaired) electrons. The highest BCUT2D eigenvalue weighted by molar-refractivity contribution is 6.07. The largest absolute Gasteiger partial charge is 0.488 e. The molecule has 0 bridgehead atoms. The number of ether oxygens (including phenoxy) is 2. The van der Waals surface area contributed by atoms with Crippen molar-refractivity contribution in [2.75, 3.05) is 6.61 Å². The van der Waals surface area contributed by atoms with Crippen LogP contribution in [-0.2, 0) is 9.53 Å². The molecule has 0 spiro atoms. The average molecular weight is 232 g/mol. The van der Waals surface area contributed by atoms with Crippen molar-refractivity contribution < 1.29 is 19.1 Å². The van der Waals surface area contributed by atoms with Crippen molar-refractivity contribution >= 4 is 11.8 Å². The van der Waals surface area contributed by atoms with E-state index < -0.39 is 5.92 Å². The van der Waals surface area contributed by atoms with Crippen molar-refractivity contribution in [3.63, 3.8) is 0 Å². The Morgan fingerprint density at radius 3 is 2.94 bits per heavy atom. The zero-order valence-corrected chi connectivity index (χ0v) is 9.38. The number of carbonyl (C=O) groups excluding carboxylic acids is 2. The van der Waals surface area contributed by atoms with Crippen LogP contribution in [0.25, 0.3) is 0 Å². The number of fused-ring (bicyclic) bond motifs is 2. The quantitative estimate of drug-likeness (QED) is 0.724. The van der Waals surface area contributed by atoms with E-state index in [0.717, 1.165) is 0 Å². The van der Waals surface area contributed by atoms with Gasteiger partial charge < -0.3 is 9.47 Å². The monoisotopic (exact) mass is 232 g/mol. The van der Waals surface area contributed by atoms with Gasteiger partial charge in [-0.15, -0.1) is 0 Å². The van der Waals surface area contributed by atoms with E-state index in [1.54, 1.807) is 25.1 Å². The molecule has 0 N–H and O–H groups in total. The maximum absolute atomic E-state index is 12.1. The molecule has 2 aliphatic rings. The lowest BCUT2D eigenvalue weighted by molar-refractivity contribution is -0.145. The fraction of sp³-hybridized carbons (Fsp3) is 0.385. The molecule has 3 atom stereocenters. The molecule has 3 rings (SSSR count). The number of rotatable bonds is 2. The lowest BCUT2D eigenvalue weighted by Gasteiger charge is -2.14. The number of carbonyl (C=O) groups is 2. The van der Waals surface area contributed by atoms with E-state index in [9.17, 15) is 9.59 Å². The Hall–Kier alpha value is -1.84. The van der Waals surface area contributed by atoms with Gasteiger partial charge in [-0.3, -0.25) is 9.59 Å². The summed E-state index contributed by atoms with van der Waals surface area (Å²) in [6.07, 6.45) is -0.323. The molecule has 1 saturated carbocycles. The molecule has 1 heterocycles. The summed E-state index contributed by atoms with van der Waals surface area (Å²) in [6.45, 7) is 2.08. The SMILES string of the molecule is CCOC(=O)[C@H]1[C@@H]2Oc3ccccc3C(=O)[C@@H]21. The molecule has 0 saturated heterocycles. The minimum Gasteiger partial charge on any atom is -0.488 e. The molecule has 1 aromatic rings. The van der Waals surface area contributed by atoms with Gasteiger partial charge in [0.05, 0.1) is 18.1 Å². The van der Waals surface area contributed by atoms with Crippen LogP contribution in [-0.4, -0.2) is 24.5 Å². The molecule has 1 aliphatic carbocycles. The van der Waals surface area contributed by atoms with E-state index in [4.69, 9.17) is 9.47 Å². The van der Waals surface area contributed by atoms with E-state index >= 15 is 0 Å². The standard InChI is InChI=1S/C13H12O4/c1-2-16-13(15)10-9-11(14)7-5-3-4-6-8(7)17-12(9)10/h3-6,9-10,12H,2H2,1H3/t9-,10+,12+/m0/s1. The first kappa shape index (κ1) is 10.3. The Kier molecular flexibility index (Phi) is 2.18. The van der Waals surface area contributed by atoms with Gasteiger partial charge in [-0.2, -0.15) is 0 Å². The van der Waals surface area contributed by atoms with Crippen LogP contribution in [0.2, 0.25) is 0 Å². The van der Waals surface area contributed by atoms with Crippen LogP contribution in [0.3, 0.4) is 0 Å². The van der Waals surface area contributed by atoms with Gasteiger partial charge in [0.25, 0.3) is 0 Å². The van der Waals surface area contributed by atoms with Crippen molar-refractivity contribution in [1.82, 2.24) is 0 Å². The van der Waals surface area contributed by atoms with Crippen LogP contribution in [0.4, 0.5) is 0 Å². The number of hydrogen-bond donors (Lipinski definition) is 0.